The van der Waals surface area contributed by atoms with E-state index in [1.807, 2.05) is 36.4 Å². The van der Waals surface area contributed by atoms with Crippen molar-refractivity contribution < 1.29 is 10.2 Å². The van der Waals surface area contributed by atoms with Crippen LogP contribution in [-0.4, -0.2) is 10.2 Å². The number of hydrogen-bond acceptors (Lipinski definition) is 2. The lowest BCUT2D eigenvalue weighted by Crippen LogP contribution is -1.84. The third kappa shape index (κ3) is 2.36. The first-order valence-corrected chi connectivity index (χ1v) is 6.42. The number of hydrogen-bond donors (Lipinski definition) is 2. The maximum Gasteiger partial charge on any atom is 0.115 e. The molecule has 20 heavy (non-hydrogen) atoms. The Balaban J connectivity index is 2.13. The highest BCUT2D eigenvalue weighted by atomic mass is 16.3. The molecule has 98 valence electrons. The highest BCUT2D eigenvalue weighted by Crippen LogP contribution is 2.33. The molecular formula is C18H14O2. The maximum absolute atomic E-state index is 9.39. The van der Waals surface area contributed by atoms with Gasteiger partial charge < -0.3 is 10.2 Å². The van der Waals surface area contributed by atoms with Crippen LogP contribution in [0.1, 0.15) is 0 Å². The molecule has 3 aromatic carbocycles. The Morgan fingerprint density at radius 3 is 1.15 bits per heavy atom. The highest BCUT2D eigenvalue weighted by Gasteiger charge is 2.06. The van der Waals surface area contributed by atoms with E-state index in [1.54, 1.807) is 24.3 Å². The fourth-order valence-corrected chi connectivity index (χ4v) is 2.27. The fourth-order valence-electron chi connectivity index (χ4n) is 2.27. The van der Waals surface area contributed by atoms with Gasteiger partial charge in [-0.15, -0.1) is 0 Å². The normalized spacial score (nSPS) is 10.4. The number of aromatic hydroxyl groups is 2. The third-order valence-corrected chi connectivity index (χ3v) is 3.28. The largest absolute Gasteiger partial charge is 0.508 e. The highest BCUT2D eigenvalue weighted by molar-refractivity contribution is 5.83. The summed E-state index contributed by atoms with van der Waals surface area (Å²) in [5.74, 6) is 0.520. The van der Waals surface area contributed by atoms with Crippen LogP contribution in [0.3, 0.4) is 0 Å². The summed E-state index contributed by atoms with van der Waals surface area (Å²) < 4.78 is 0. The Bertz CT molecular complexity index is 649. The van der Waals surface area contributed by atoms with Gasteiger partial charge in [0, 0.05) is 0 Å². The Morgan fingerprint density at radius 1 is 0.450 bits per heavy atom. The van der Waals surface area contributed by atoms with Crippen LogP contribution in [0.4, 0.5) is 0 Å². The van der Waals surface area contributed by atoms with Crippen LogP contribution in [0, 0.1) is 0 Å². The van der Waals surface area contributed by atoms with Gasteiger partial charge in [0.1, 0.15) is 11.5 Å². The molecule has 0 unspecified atom stereocenters. The smallest absolute Gasteiger partial charge is 0.115 e. The summed E-state index contributed by atoms with van der Waals surface area (Å²) in [5, 5.41) is 18.8. The van der Waals surface area contributed by atoms with Crippen molar-refractivity contribution in [3.63, 3.8) is 0 Å². The average molecular weight is 262 g/mol. The summed E-state index contributed by atoms with van der Waals surface area (Å²) in [6.07, 6.45) is 0. The van der Waals surface area contributed by atoms with Crippen molar-refractivity contribution in [1.82, 2.24) is 0 Å². The zero-order valence-corrected chi connectivity index (χ0v) is 10.8. The molecule has 0 spiro atoms. The second kappa shape index (κ2) is 5.10. The Hall–Kier alpha value is -2.74. The molecule has 0 heterocycles. The molecule has 3 rings (SSSR count). The fraction of sp³-hybridized carbons (Fsp3) is 0. The summed E-state index contributed by atoms with van der Waals surface area (Å²) in [6, 6.07) is 22.4. The SMILES string of the molecule is Oc1ccc(-c2ccccc2-c2ccc(O)cc2)cc1. The van der Waals surface area contributed by atoms with Crippen molar-refractivity contribution in [3.05, 3.63) is 72.8 Å². The Morgan fingerprint density at radius 2 is 0.800 bits per heavy atom. The molecule has 3 aromatic rings. The first-order valence-electron chi connectivity index (χ1n) is 6.42. The molecule has 0 fully saturated rings. The van der Waals surface area contributed by atoms with E-state index < -0.39 is 0 Å². The molecular weight excluding hydrogens is 248 g/mol. The van der Waals surface area contributed by atoms with E-state index in [1.165, 1.54) is 0 Å². The number of phenols is 2. The summed E-state index contributed by atoms with van der Waals surface area (Å²) >= 11 is 0. The minimum Gasteiger partial charge on any atom is -0.508 e. The summed E-state index contributed by atoms with van der Waals surface area (Å²) in [5.41, 5.74) is 4.29. The number of phenolic OH excluding ortho intramolecular Hbond substituents is 2. The standard InChI is InChI=1S/C18H14O2/c19-15-9-5-13(6-10-15)17-3-1-2-4-18(17)14-7-11-16(20)12-8-14/h1-12,19-20H. The molecule has 0 aliphatic heterocycles. The quantitative estimate of drug-likeness (QED) is 0.717. The van der Waals surface area contributed by atoms with Crippen molar-refractivity contribution in [3.8, 4) is 33.8 Å². The van der Waals surface area contributed by atoms with Gasteiger partial charge >= 0.3 is 0 Å². The van der Waals surface area contributed by atoms with E-state index in [9.17, 15) is 10.2 Å². The van der Waals surface area contributed by atoms with Gasteiger partial charge in [-0.25, -0.2) is 0 Å². The van der Waals surface area contributed by atoms with Crippen molar-refractivity contribution in [2.45, 2.75) is 0 Å². The van der Waals surface area contributed by atoms with Crippen molar-refractivity contribution in [1.29, 1.82) is 0 Å². The molecule has 0 aliphatic carbocycles. The Labute approximate surface area is 117 Å². The third-order valence-electron chi connectivity index (χ3n) is 3.28. The van der Waals surface area contributed by atoms with Crippen LogP contribution >= 0.6 is 0 Å². The molecule has 2 N–H and O–H groups in total. The first-order chi connectivity index (χ1) is 9.74. The topological polar surface area (TPSA) is 40.5 Å². The van der Waals surface area contributed by atoms with Crippen LogP contribution < -0.4 is 0 Å². The summed E-state index contributed by atoms with van der Waals surface area (Å²) in [4.78, 5) is 0. The number of rotatable bonds is 2. The van der Waals surface area contributed by atoms with Crippen LogP contribution in [0.5, 0.6) is 11.5 Å². The summed E-state index contributed by atoms with van der Waals surface area (Å²) in [7, 11) is 0. The monoisotopic (exact) mass is 262 g/mol. The van der Waals surface area contributed by atoms with E-state index in [0.717, 1.165) is 22.3 Å². The predicted molar refractivity (Wildman–Crippen MR) is 80.6 cm³/mol. The lowest BCUT2D eigenvalue weighted by atomic mass is 9.94. The van der Waals surface area contributed by atoms with E-state index in [2.05, 4.69) is 12.1 Å². The van der Waals surface area contributed by atoms with Crippen molar-refractivity contribution in [2.75, 3.05) is 0 Å². The van der Waals surface area contributed by atoms with Gasteiger partial charge in [0.05, 0.1) is 0 Å². The molecule has 0 saturated heterocycles. The van der Waals surface area contributed by atoms with Crippen molar-refractivity contribution >= 4 is 0 Å². The maximum atomic E-state index is 9.39. The second-order valence-corrected chi connectivity index (χ2v) is 4.64. The van der Waals surface area contributed by atoms with Gasteiger partial charge in [0.2, 0.25) is 0 Å². The van der Waals surface area contributed by atoms with Gasteiger partial charge in [0.15, 0.2) is 0 Å². The van der Waals surface area contributed by atoms with Crippen LogP contribution in [0.2, 0.25) is 0 Å². The molecule has 2 nitrogen and oxygen atoms in total. The van der Waals surface area contributed by atoms with Crippen LogP contribution in [0.15, 0.2) is 72.8 Å². The molecule has 0 radical (unpaired) electrons. The predicted octanol–water partition coefficient (Wildman–Crippen LogP) is 4.43. The molecule has 0 aliphatic rings. The lowest BCUT2D eigenvalue weighted by molar-refractivity contribution is 0.475. The lowest BCUT2D eigenvalue weighted by Gasteiger charge is -2.10. The molecule has 0 aromatic heterocycles. The van der Waals surface area contributed by atoms with Crippen LogP contribution in [-0.2, 0) is 0 Å². The zero-order chi connectivity index (χ0) is 13.9. The molecule has 0 amide bonds. The summed E-state index contributed by atoms with van der Waals surface area (Å²) in [6.45, 7) is 0. The van der Waals surface area contributed by atoms with E-state index in [-0.39, 0.29) is 11.5 Å². The first kappa shape index (κ1) is 12.3. The average Bonchev–Trinajstić information content (AvgIpc) is 2.49. The van der Waals surface area contributed by atoms with Gasteiger partial charge in [-0.2, -0.15) is 0 Å². The van der Waals surface area contributed by atoms with Crippen molar-refractivity contribution in [2.24, 2.45) is 0 Å². The van der Waals surface area contributed by atoms with E-state index in [0.29, 0.717) is 0 Å². The number of benzene rings is 3. The molecule has 0 bridgehead atoms. The van der Waals surface area contributed by atoms with Gasteiger partial charge in [-0.1, -0.05) is 48.5 Å². The van der Waals surface area contributed by atoms with E-state index in [4.69, 9.17) is 0 Å². The minimum absolute atomic E-state index is 0.260. The van der Waals surface area contributed by atoms with E-state index >= 15 is 0 Å². The Kier molecular flexibility index (Phi) is 3.13. The molecule has 0 atom stereocenters. The minimum atomic E-state index is 0.260. The van der Waals surface area contributed by atoms with Gasteiger partial charge in [-0.05, 0) is 46.5 Å². The zero-order valence-electron chi connectivity index (χ0n) is 10.8. The van der Waals surface area contributed by atoms with Gasteiger partial charge in [0.25, 0.3) is 0 Å². The molecule has 2 heteroatoms. The van der Waals surface area contributed by atoms with Gasteiger partial charge in [-0.3, -0.25) is 0 Å². The molecule has 0 saturated carbocycles. The second-order valence-electron chi connectivity index (χ2n) is 4.64. The van der Waals surface area contributed by atoms with Crippen LogP contribution in [0.25, 0.3) is 22.3 Å².